The van der Waals surface area contributed by atoms with Gasteiger partial charge in [-0.3, -0.25) is 0 Å². The first kappa shape index (κ1) is 15.3. The maximum Gasteiger partial charge on any atom is 0.341 e. The molecule has 0 bridgehead atoms. The quantitative estimate of drug-likeness (QED) is 0.904. The van der Waals surface area contributed by atoms with Crippen molar-refractivity contribution in [3.05, 3.63) is 41.0 Å². The SMILES string of the molecule is CC(C)(C)Nc1nc(-c2ccc(Cl)cc2)ncc1C(=O)O. The molecule has 2 aromatic rings. The molecule has 0 amide bonds. The first-order valence-electron chi connectivity index (χ1n) is 6.41. The summed E-state index contributed by atoms with van der Waals surface area (Å²) >= 11 is 5.85. The van der Waals surface area contributed by atoms with Crippen molar-refractivity contribution in [2.45, 2.75) is 26.3 Å². The van der Waals surface area contributed by atoms with Crippen LogP contribution >= 0.6 is 11.6 Å². The molecular weight excluding hydrogens is 290 g/mol. The second kappa shape index (κ2) is 5.69. The van der Waals surface area contributed by atoms with Crippen LogP contribution in [0.25, 0.3) is 11.4 Å². The van der Waals surface area contributed by atoms with Gasteiger partial charge in [0.05, 0.1) is 0 Å². The van der Waals surface area contributed by atoms with Gasteiger partial charge in [0, 0.05) is 22.3 Å². The number of halogens is 1. The van der Waals surface area contributed by atoms with E-state index < -0.39 is 5.97 Å². The van der Waals surface area contributed by atoms with Gasteiger partial charge in [0.25, 0.3) is 0 Å². The number of carboxylic acids is 1. The van der Waals surface area contributed by atoms with Crippen molar-refractivity contribution >= 4 is 23.4 Å². The largest absolute Gasteiger partial charge is 0.477 e. The van der Waals surface area contributed by atoms with Gasteiger partial charge in [0.1, 0.15) is 11.4 Å². The Morgan fingerprint density at radius 2 is 1.86 bits per heavy atom. The lowest BCUT2D eigenvalue weighted by atomic mass is 10.1. The summed E-state index contributed by atoms with van der Waals surface area (Å²) in [5.74, 6) is -0.317. The van der Waals surface area contributed by atoms with E-state index >= 15 is 0 Å². The summed E-state index contributed by atoms with van der Waals surface area (Å²) in [6.45, 7) is 5.80. The third-order valence-electron chi connectivity index (χ3n) is 2.61. The molecule has 0 aliphatic carbocycles. The third kappa shape index (κ3) is 3.92. The van der Waals surface area contributed by atoms with Crippen molar-refractivity contribution in [2.75, 3.05) is 5.32 Å². The van der Waals surface area contributed by atoms with Crippen molar-refractivity contribution in [3.8, 4) is 11.4 Å². The molecule has 0 spiro atoms. The minimum absolute atomic E-state index is 0.0441. The smallest absolute Gasteiger partial charge is 0.341 e. The lowest BCUT2D eigenvalue weighted by molar-refractivity contribution is 0.0697. The standard InChI is InChI=1S/C15H16ClN3O2/c1-15(2,3)19-13-11(14(20)21)8-17-12(18-13)9-4-6-10(16)7-5-9/h4-8H,1-3H3,(H,20,21)(H,17,18,19). The van der Waals surface area contributed by atoms with E-state index in [1.54, 1.807) is 24.3 Å². The zero-order valence-corrected chi connectivity index (χ0v) is 12.8. The van der Waals surface area contributed by atoms with Crippen LogP contribution in [-0.2, 0) is 0 Å². The second-order valence-corrected chi connectivity index (χ2v) is 6.08. The van der Waals surface area contributed by atoms with Gasteiger partial charge in [-0.1, -0.05) is 11.6 Å². The average molecular weight is 306 g/mol. The highest BCUT2D eigenvalue weighted by molar-refractivity contribution is 6.30. The number of carbonyl (C=O) groups is 1. The van der Waals surface area contributed by atoms with Crippen molar-refractivity contribution in [1.82, 2.24) is 9.97 Å². The molecule has 5 nitrogen and oxygen atoms in total. The number of hydrogen-bond donors (Lipinski definition) is 2. The van der Waals surface area contributed by atoms with Gasteiger partial charge in [-0.25, -0.2) is 14.8 Å². The summed E-state index contributed by atoms with van der Waals surface area (Å²) in [5, 5.41) is 12.9. The molecule has 0 unspecified atom stereocenters. The molecule has 0 saturated carbocycles. The fourth-order valence-electron chi connectivity index (χ4n) is 1.73. The molecular formula is C15H16ClN3O2. The van der Waals surface area contributed by atoms with Crippen LogP contribution in [-0.4, -0.2) is 26.6 Å². The zero-order valence-electron chi connectivity index (χ0n) is 12.0. The summed E-state index contributed by atoms with van der Waals surface area (Å²) in [6.07, 6.45) is 1.31. The van der Waals surface area contributed by atoms with Crippen LogP contribution < -0.4 is 5.32 Å². The Balaban J connectivity index is 2.48. The predicted molar refractivity (Wildman–Crippen MR) is 82.8 cm³/mol. The number of anilines is 1. The van der Waals surface area contributed by atoms with Gasteiger partial charge < -0.3 is 10.4 Å². The maximum absolute atomic E-state index is 11.3. The fourth-order valence-corrected chi connectivity index (χ4v) is 1.85. The number of rotatable bonds is 3. The van der Waals surface area contributed by atoms with Crippen molar-refractivity contribution in [3.63, 3.8) is 0 Å². The molecule has 0 fully saturated rings. The third-order valence-corrected chi connectivity index (χ3v) is 2.87. The summed E-state index contributed by atoms with van der Waals surface area (Å²) < 4.78 is 0. The van der Waals surface area contributed by atoms with Crippen LogP contribution in [0.5, 0.6) is 0 Å². The van der Waals surface area contributed by atoms with E-state index in [-0.39, 0.29) is 11.1 Å². The van der Waals surface area contributed by atoms with E-state index in [1.165, 1.54) is 6.20 Å². The molecule has 0 radical (unpaired) electrons. The molecule has 21 heavy (non-hydrogen) atoms. The Morgan fingerprint density at radius 3 is 2.38 bits per heavy atom. The van der Waals surface area contributed by atoms with Gasteiger partial charge in [-0.2, -0.15) is 0 Å². The zero-order chi connectivity index (χ0) is 15.6. The second-order valence-electron chi connectivity index (χ2n) is 5.64. The average Bonchev–Trinajstić information content (AvgIpc) is 2.37. The molecule has 0 saturated heterocycles. The lowest BCUT2D eigenvalue weighted by Gasteiger charge is -2.22. The molecule has 2 N–H and O–H groups in total. The van der Waals surface area contributed by atoms with Crippen LogP contribution in [0.4, 0.5) is 5.82 Å². The molecule has 0 atom stereocenters. The number of aromatic carboxylic acids is 1. The molecule has 0 aliphatic heterocycles. The fraction of sp³-hybridized carbons (Fsp3) is 0.267. The van der Waals surface area contributed by atoms with E-state index in [1.807, 2.05) is 20.8 Å². The number of aromatic nitrogens is 2. The molecule has 110 valence electrons. The molecule has 1 aromatic heterocycles. The van der Waals surface area contributed by atoms with E-state index in [0.717, 1.165) is 5.56 Å². The van der Waals surface area contributed by atoms with Gasteiger partial charge in [-0.05, 0) is 45.0 Å². The van der Waals surface area contributed by atoms with Crippen LogP contribution in [0, 0.1) is 0 Å². The number of carboxylic acid groups (broad SMARTS) is 1. The monoisotopic (exact) mass is 305 g/mol. The maximum atomic E-state index is 11.3. The first-order chi connectivity index (χ1) is 9.76. The van der Waals surface area contributed by atoms with Gasteiger partial charge in [-0.15, -0.1) is 0 Å². The first-order valence-corrected chi connectivity index (χ1v) is 6.78. The highest BCUT2D eigenvalue weighted by atomic mass is 35.5. The van der Waals surface area contributed by atoms with Gasteiger partial charge in [0.15, 0.2) is 5.82 Å². The van der Waals surface area contributed by atoms with E-state index in [9.17, 15) is 9.90 Å². The summed E-state index contributed by atoms with van der Waals surface area (Å²) in [7, 11) is 0. The molecule has 6 heteroatoms. The molecule has 1 heterocycles. The molecule has 1 aromatic carbocycles. The number of nitrogens with zero attached hydrogens (tertiary/aromatic N) is 2. The van der Waals surface area contributed by atoms with Crippen LogP contribution in [0.3, 0.4) is 0 Å². The summed E-state index contributed by atoms with van der Waals surface area (Å²) in [6, 6.07) is 7.06. The normalized spacial score (nSPS) is 11.2. The van der Waals surface area contributed by atoms with Crippen LogP contribution in [0.15, 0.2) is 30.5 Å². The number of nitrogens with one attached hydrogen (secondary N) is 1. The highest BCUT2D eigenvalue weighted by Crippen LogP contribution is 2.23. The Kier molecular flexibility index (Phi) is 4.14. The van der Waals surface area contributed by atoms with Crippen LogP contribution in [0.2, 0.25) is 5.02 Å². The van der Waals surface area contributed by atoms with Crippen molar-refractivity contribution in [1.29, 1.82) is 0 Å². The van der Waals surface area contributed by atoms with E-state index in [2.05, 4.69) is 15.3 Å². The molecule has 2 rings (SSSR count). The van der Waals surface area contributed by atoms with Crippen molar-refractivity contribution in [2.24, 2.45) is 0 Å². The van der Waals surface area contributed by atoms with E-state index in [4.69, 9.17) is 11.6 Å². The highest BCUT2D eigenvalue weighted by Gasteiger charge is 2.19. The summed E-state index contributed by atoms with van der Waals surface area (Å²) in [4.78, 5) is 19.7. The Morgan fingerprint density at radius 1 is 1.24 bits per heavy atom. The van der Waals surface area contributed by atoms with Gasteiger partial charge >= 0.3 is 5.97 Å². The Hall–Kier alpha value is -2.14. The van der Waals surface area contributed by atoms with E-state index in [0.29, 0.717) is 16.7 Å². The number of hydrogen-bond acceptors (Lipinski definition) is 4. The topological polar surface area (TPSA) is 75.1 Å². The van der Waals surface area contributed by atoms with Crippen LogP contribution in [0.1, 0.15) is 31.1 Å². The minimum Gasteiger partial charge on any atom is -0.477 e. The number of benzene rings is 1. The Labute approximate surface area is 128 Å². The minimum atomic E-state index is -1.07. The Bertz CT molecular complexity index is 664. The summed E-state index contributed by atoms with van der Waals surface area (Å²) in [5.41, 5.74) is 0.506. The predicted octanol–water partition coefficient (Wildman–Crippen LogP) is 3.71. The lowest BCUT2D eigenvalue weighted by Crippen LogP contribution is -2.28. The van der Waals surface area contributed by atoms with Crippen molar-refractivity contribution < 1.29 is 9.90 Å². The molecule has 0 aliphatic rings. The van der Waals surface area contributed by atoms with Gasteiger partial charge in [0.2, 0.25) is 0 Å².